The summed E-state index contributed by atoms with van der Waals surface area (Å²) in [5, 5.41) is 3.13. The van der Waals surface area contributed by atoms with Gasteiger partial charge in [0.25, 0.3) is 0 Å². The third kappa shape index (κ3) is 3.33. The van der Waals surface area contributed by atoms with Crippen LogP contribution in [0.5, 0.6) is 5.75 Å². The number of nitrogens with one attached hydrogen (secondary N) is 1. The standard InChI is InChI=1S/C17H27NO2/c1-6-13(4)18-16(19)17(7-2,8-3)14-9-11-15(20-5)12-10-14/h9-13H,6-8H2,1-5H3,(H,18,19). The minimum absolute atomic E-state index is 0.127. The van der Waals surface area contributed by atoms with Gasteiger partial charge in [0.15, 0.2) is 0 Å². The molecule has 1 unspecified atom stereocenters. The average molecular weight is 277 g/mol. The number of ether oxygens (including phenoxy) is 1. The van der Waals surface area contributed by atoms with Gasteiger partial charge in [-0.2, -0.15) is 0 Å². The van der Waals surface area contributed by atoms with Crippen LogP contribution >= 0.6 is 0 Å². The number of carbonyl (C=O) groups is 1. The zero-order chi connectivity index (χ0) is 15.2. The second-order valence-electron chi connectivity index (χ2n) is 5.30. The number of methoxy groups -OCH3 is 1. The maximum Gasteiger partial charge on any atom is 0.230 e. The Labute approximate surface area is 122 Å². The molecular formula is C17H27NO2. The van der Waals surface area contributed by atoms with Crippen LogP contribution in [0.4, 0.5) is 0 Å². The first-order valence-electron chi connectivity index (χ1n) is 7.49. The van der Waals surface area contributed by atoms with Gasteiger partial charge >= 0.3 is 0 Å². The molecule has 0 aliphatic heterocycles. The molecule has 3 nitrogen and oxygen atoms in total. The number of hydrogen-bond acceptors (Lipinski definition) is 2. The highest BCUT2D eigenvalue weighted by Gasteiger charge is 2.37. The lowest BCUT2D eigenvalue weighted by Gasteiger charge is -2.32. The lowest BCUT2D eigenvalue weighted by atomic mass is 9.75. The molecule has 1 N–H and O–H groups in total. The smallest absolute Gasteiger partial charge is 0.230 e. The molecule has 0 saturated carbocycles. The number of amides is 1. The molecule has 1 rings (SSSR count). The van der Waals surface area contributed by atoms with Crippen LogP contribution in [0.1, 0.15) is 52.5 Å². The van der Waals surface area contributed by atoms with Crippen LogP contribution in [-0.4, -0.2) is 19.1 Å². The molecule has 0 radical (unpaired) electrons. The van der Waals surface area contributed by atoms with Gasteiger partial charge in [-0.1, -0.05) is 32.9 Å². The van der Waals surface area contributed by atoms with Crippen LogP contribution in [0, 0.1) is 0 Å². The maximum absolute atomic E-state index is 12.7. The predicted molar refractivity (Wildman–Crippen MR) is 83.1 cm³/mol. The largest absolute Gasteiger partial charge is 0.497 e. The minimum Gasteiger partial charge on any atom is -0.497 e. The molecule has 0 aliphatic rings. The second-order valence-corrected chi connectivity index (χ2v) is 5.30. The lowest BCUT2D eigenvalue weighted by Crippen LogP contribution is -2.46. The van der Waals surface area contributed by atoms with E-state index >= 15 is 0 Å². The van der Waals surface area contributed by atoms with Crippen molar-refractivity contribution in [2.75, 3.05) is 7.11 Å². The van der Waals surface area contributed by atoms with Gasteiger partial charge in [0.05, 0.1) is 12.5 Å². The first-order valence-corrected chi connectivity index (χ1v) is 7.49. The van der Waals surface area contributed by atoms with E-state index in [1.54, 1.807) is 7.11 Å². The summed E-state index contributed by atoms with van der Waals surface area (Å²) < 4.78 is 5.19. The summed E-state index contributed by atoms with van der Waals surface area (Å²) in [7, 11) is 1.65. The van der Waals surface area contributed by atoms with E-state index in [4.69, 9.17) is 4.74 Å². The van der Waals surface area contributed by atoms with E-state index in [0.29, 0.717) is 0 Å². The fourth-order valence-electron chi connectivity index (χ4n) is 2.48. The Morgan fingerprint density at radius 1 is 1.20 bits per heavy atom. The Morgan fingerprint density at radius 3 is 2.15 bits per heavy atom. The Morgan fingerprint density at radius 2 is 1.75 bits per heavy atom. The minimum atomic E-state index is -0.449. The molecule has 3 heteroatoms. The summed E-state index contributed by atoms with van der Waals surface area (Å²) in [4.78, 5) is 12.7. The molecule has 0 fully saturated rings. The van der Waals surface area contributed by atoms with Gasteiger partial charge in [0.1, 0.15) is 5.75 Å². The summed E-state index contributed by atoms with van der Waals surface area (Å²) in [5.74, 6) is 0.944. The molecule has 0 heterocycles. The SMILES string of the molecule is CCC(C)NC(=O)C(CC)(CC)c1ccc(OC)cc1. The van der Waals surface area contributed by atoms with Crippen molar-refractivity contribution in [2.24, 2.45) is 0 Å². The number of benzene rings is 1. The van der Waals surface area contributed by atoms with Crippen molar-refractivity contribution in [1.29, 1.82) is 0 Å². The maximum atomic E-state index is 12.7. The molecule has 1 aromatic rings. The normalized spacial score (nSPS) is 12.8. The van der Waals surface area contributed by atoms with Crippen LogP contribution in [0.15, 0.2) is 24.3 Å². The molecule has 0 saturated heterocycles. The van der Waals surface area contributed by atoms with E-state index in [0.717, 1.165) is 30.6 Å². The topological polar surface area (TPSA) is 38.3 Å². The van der Waals surface area contributed by atoms with Crippen LogP contribution in [-0.2, 0) is 10.2 Å². The van der Waals surface area contributed by atoms with Crippen molar-refractivity contribution in [1.82, 2.24) is 5.32 Å². The van der Waals surface area contributed by atoms with Crippen molar-refractivity contribution in [3.8, 4) is 5.75 Å². The second kappa shape index (κ2) is 7.32. The summed E-state index contributed by atoms with van der Waals surface area (Å²) in [6.07, 6.45) is 2.52. The molecule has 1 aromatic carbocycles. The number of rotatable bonds is 7. The molecular weight excluding hydrogens is 250 g/mol. The fourth-order valence-corrected chi connectivity index (χ4v) is 2.48. The van der Waals surface area contributed by atoms with Gasteiger partial charge in [-0.15, -0.1) is 0 Å². The molecule has 20 heavy (non-hydrogen) atoms. The van der Waals surface area contributed by atoms with Crippen molar-refractivity contribution >= 4 is 5.91 Å². The number of hydrogen-bond donors (Lipinski definition) is 1. The first-order chi connectivity index (χ1) is 9.53. The van der Waals surface area contributed by atoms with Gasteiger partial charge in [-0.05, 0) is 43.9 Å². The van der Waals surface area contributed by atoms with Crippen molar-refractivity contribution in [3.05, 3.63) is 29.8 Å². The Hall–Kier alpha value is -1.51. The fraction of sp³-hybridized carbons (Fsp3) is 0.588. The Balaban J connectivity index is 3.09. The zero-order valence-electron chi connectivity index (χ0n) is 13.3. The van der Waals surface area contributed by atoms with Crippen LogP contribution < -0.4 is 10.1 Å². The van der Waals surface area contributed by atoms with Gasteiger partial charge in [-0.25, -0.2) is 0 Å². The third-order valence-electron chi connectivity index (χ3n) is 4.27. The highest BCUT2D eigenvalue weighted by atomic mass is 16.5. The first kappa shape index (κ1) is 16.5. The monoisotopic (exact) mass is 277 g/mol. The van der Waals surface area contributed by atoms with E-state index in [9.17, 15) is 4.79 Å². The Bertz CT molecular complexity index is 421. The van der Waals surface area contributed by atoms with Gasteiger partial charge in [-0.3, -0.25) is 4.79 Å². The molecule has 0 aliphatic carbocycles. The van der Waals surface area contributed by atoms with Crippen LogP contribution in [0.3, 0.4) is 0 Å². The molecule has 0 spiro atoms. The summed E-state index contributed by atoms with van der Waals surface area (Å²) in [6, 6.07) is 8.06. The molecule has 1 amide bonds. The van der Waals surface area contributed by atoms with Crippen molar-refractivity contribution in [3.63, 3.8) is 0 Å². The van der Waals surface area contributed by atoms with E-state index in [1.165, 1.54) is 0 Å². The summed E-state index contributed by atoms with van der Waals surface area (Å²) in [5.41, 5.74) is 0.611. The van der Waals surface area contributed by atoms with E-state index in [2.05, 4.69) is 26.1 Å². The van der Waals surface area contributed by atoms with E-state index in [1.807, 2.05) is 31.2 Å². The molecule has 0 aromatic heterocycles. The lowest BCUT2D eigenvalue weighted by molar-refractivity contribution is -0.127. The van der Waals surface area contributed by atoms with Crippen LogP contribution in [0.2, 0.25) is 0 Å². The molecule has 112 valence electrons. The van der Waals surface area contributed by atoms with Crippen LogP contribution in [0.25, 0.3) is 0 Å². The van der Waals surface area contributed by atoms with Crippen molar-refractivity contribution in [2.45, 2.75) is 58.4 Å². The van der Waals surface area contributed by atoms with E-state index in [-0.39, 0.29) is 11.9 Å². The third-order valence-corrected chi connectivity index (χ3v) is 4.27. The van der Waals surface area contributed by atoms with Gasteiger partial charge in [0.2, 0.25) is 5.91 Å². The Kier molecular flexibility index (Phi) is 6.05. The summed E-state index contributed by atoms with van der Waals surface area (Å²) in [6.45, 7) is 8.27. The average Bonchev–Trinajstić information content (AvgIpc) is 2.49. The number of carbonyl (C=O) groups excluding carboxylic acids is 1. The van der Waals surface area contributed by atoms with Gasteiger partial charge in [0, 0.05) is 6.04 Å². The quantitative estimate of drug-likeness (QED) is 0.826. The molecule has 0 bridgehead atoms. The molecule has 1 atom stereocenters. The predicted octanol–water partition coefficient (Wildman–Crippen LogP) is 3.67. The highest BCUT2D eigenvalue weighted by molar-refractivity contribution is 5.88. The highest BCUT2D eigenvalue weighted by Crippen LogP contribution is 2.33. The van der Waals surface area contributed by atoms with E-state index < -0.39 is 5.41 Å². The summed E-state index contributed by atoms with van der Waals surface area (Å²) >= 11 is 0. The van der Waals surface area contributed by atoms with Crippen molar-refractivity contribution < 1.29 is 9.53 Å². The van der Waals surface area contributed by atoms with Gasteiger partial charge < -0.3 is 10.1 Å². The zero-order valence-corrected chi connectivity index (χ0v) is 13.3.